The van der Waals surface area contributed by atoms with E-state index in [2.05, 4.69) is 20.4 Å². The van der Waals surface area contributed by atoms with Crippen molar-refractivity contribution in [1.82, 2.24) is 0 Å². The van der Waals surface area contributed by atoms with E-state index in [-0.39, 0.29) is 6.10 Å². The molecule has 0 amide bonds. The highest BCUT2D eigenvalue weighted by Gasteiger charge is 2.22. The van der Waals surface area contributed by atoms with Crippen LogP contribution < -0.4 is 0 Å². The van der Waals surface area contributed by atoms with Crippen molar-refractivity contribution in [2.45, 2.75) is 45.6 Å². The second-order valence-electron chi connectivity index (χ2n) is 4.03. The van der Waals surface area contributed by atoms with Crippen LogP contribution in [0, 0.1) is 5.92 Å². The second-order valence-corrected chi connectivity index (χ2v) is 4.03. The van der Waals surface area contributed by atoms with E-state index in [0.717, 1.165) is 25.7 Å². The summed E-state index contributed by atoms with van der Waals surface area (Å²) < 4.78 is 0. The van der Waals surface area contributed by atoms with Crippen LogP contribution in [0.1, 0.15) is 39.5 Å². The van der Waals surface area contributed by atoms with Crippen LogP contribution in [0.5, 0.6) is 0 Å². The maximum Gasteiger partial charge on any atom is 0.0753 e. The standard InChI is InChI=1S/C12H20O/c1-4-5-6-11-10(3)9(2)7-8-12(11)13/h4,9,12-13H,1,5-8H2,2-3H3. The Hall–Kier alpha value is -0.560. The van der Waals surface area contributed by atoms with E-state index in [1.54, 1.807) is 0 Å². The third-order valence-electron chi connectivity index (χ3n) is 3.14. The van der Waals surface area contributed by atoms with Crippen LogP contribution >= 0.6 is 0 Å². The molecule has 0 radical (unpaired) electrons. The first kappa shape index (κ1) is 10.5. The molecule has 1 aliphatic rings. The molecule has 0 fully saturated rings. The highest BCUT2D eigenvalue weighted by molar-refractivity contribution is 5.21. The Morgan fingerprint density at radius 1 is 1.54 bits per heavy atom. The predicted molar refractivity (Wildman–Crippen MR) is 56.5 cm³/mol. The second kappa shape index (κ2) is 4.61. The van der Waals surface area contributed by atoms with Gasteiger partial charge < -0.3 is 5.11 Å². The molecule has 1 N–H and O–H groups in total. The summed E-state index contributed by atoms with van der Waals surface area (Å²) in [6.07, 6.45) is 5.77. The lowest BCUT2D eigenvalue weighted by atomic mass is 9.81. The number of allylic oxidation sites excluding steroid dienone is 2. The first-order chi connectivity index (χ1) is 6.16. The molecule has 1 nitrogen and oxygen atoms in total. The van der Waals surface area contributed by atoms with Gasteiger partial charge >= 0.3 is 0 Å². The maximum absolute atomic E-state index is 9.79. The van der Waals surface area contributed by atoms with Gasteiger partial charge in [-0.3, -0.25) is 0 Å². The van der Waals surface area contributed by atoms with Gasteiger partial charge in [0.25, 0.3) is 0 Å². The molecule has 13 heavy (non-hydrogen) atoms. The van der Waals surface area contributed by atoms with Crippen molar-refractivity contribution in [2.24, 2.45) is 5.92 Å². The van der Waals surface area contributed by atoms with E-state index in [4.69, 9.17) is 0 Å². The molecular formula is C12H20O. The van der Waals surface area contributed by atoms with Gasteiger partial charge in [-0.2, -0.15) is 0 Å². The van der Waals surface area contributed by atoms with Gasteiger partial charge in [-0.05, 0) is 44.1 Å². The highest BCUT2D eigenvalue weighted by atomic mass is 16.3. The average Bonchev–Trinajstić information content (AvgIpc) is 2.12. The number of hydrogen-bond acceptors (Lipinski definition) is 1. The molecule has 2 atom stereocenters. The summed E-state index contributed by atoms with van der Waals surface area (Å²) in [7, 11) is 0. The van der Waals surface area contributed by atoms with Gasteiger partial charge in [0, 0.05) is 0 Å². The van der Waals surface area contributed by atoms with Crippen molar-refractivity contribution in [1.29, 1.82) is 0 Å². The van der Waals surface area contributed by atoms with E-state index in [0.29, 0.717) is 5.92 Å². The smallest absolute Gasteiger partial charge is 0.0753 e. The molecule has 1 aliphatic carbocycles. The number of rotatable bonds is 3. The summed E-state index contributed by atoms with van der Waals surface area (Å²) in [4.78, 5) is 0. The maximum atomic E-state index is 9.79. The molecule has 0 saturated carbocycles. The fourth-order valence-corrected chi connectivity index (χ4v) is 2.00. The lowest BCUT2D eigenvalue weighted by Gasteiger charge is -2.28. The summed E-state index contributed by atoms with van der Waals surface area (Å²) in [6, 6.07) is 0. The van der Waals surface area contributed by atoms with E-state index in [1.165, 1.54) is 11.1 Å². The SMILES string of the molecule is C=CCCC1=C(C)C(C)CCC1O. The molecule has 1 heteroatoms. The van der Waals surface area contributed by atoms with Crippen molar-refractivity contribution < 1.29 is 5.11 Å². The van der Waals surface area contributed by atoms with E-state index < -0.39 is 0 Å². The average molecular weight is 180 g/mol. The van der Waals surface area contributed by atoms with Crippen molar-refractivity contribution in [3.63, 3.8) is 0 Å². The van der Waals surface area contributed by atoms with Crippen LogP contribution in [0.4, 0.5) is 0 Å². The summed E-state index contributed by atoms with van der Waals surface area (Å²) >= 11 is 0. The van der Waals surface area contributed by atoms with E-state index in [1.807, 2.05) is 6.08 Å². The Kier molecular flexibility index (Phi) is 3.73. The monoisotopic (exact) mass is 180 g/mol. The first-order valence-corrected chi connectivity index (χ1v) is 5.15. The van der Waals surface area contributed by atoms with Crippen LogP contribution in [0.2, 0.25) is 0 Å². The third kappa shape index (κ3) is 2.44. The minimum atomic E-state index is -0.184. The van der Waals surface area contributed by atoms with Gasteiger partial charge in [0.1, 0.15) is 0 Å². The predicted octanol–water partition coefficient (Wildman–Crippen LogP) is 3.06. The molecule has 0 bridgehead atoms. The summed E-state index contributed by atoms with van der Waals surface area (Å²) in [6.45, 7) is 8.11. The number of aliphatic hydroxyl groups is 1. The van der Waals surface area contributed by atoms with E-state index in [9.17, 15) is 5.11 Å². The van der Waals surface area contributed by atoms with Gasteiger partial charge in [0.15, 0.2) is 0 Å². The summed E-state index contributed by atoms with van der Waals surface area (Å²) in [5, 5.41) is 9.79. The van der Waals surface area contributed by atoms with Crippen molar-refractivity contribution in [2.75, 3.05) is 0 Å². The van der Waals surface area contributed by atoms with E-state index >= 15 is 0 Å². The van der Waals surface area contributed by atoms with Gasteiger partial charge in [0.05, 0.1) is 6.10 Å². The molecule has 0 saturated heterocycles. The van der Waals surface area contributed by atoms with Crippen LogP contribution in [0.3, 0.4) is 0 Å². The lowest BCUT2D eigenvalue weighted by molar-refractivity contribution is 0.175. The first-order valence-electron chi connectivity index (χ1n) is 5.15. The molecule has 2 unspecified atom stereocenters. The quantitative estimate of drug-likeness (QED) is 0.662. The Morgan fingerprint density at radius 3 is 2.85 bits per heavy atom. The minimum absolute atomic E-state index is 0.184. The van der Waals surface area contributed by atoms with Gasteiger partial charge in [-0.25, -0.2) is 0 Å². The number of hydrogen-bond donors (Lipinski definition) is 1. The molecule has 0 heterocycles. The van der Waals surface area contributed by atoms with Crippen LogP contribution in [0.15, 0.2) is 23.8 Å². The fraction of sp³-hybridized carbons (Fsp3) is 0.667. The molecule has 74 valence electrons. The normalized spacial score (nSPS) is 29.2. The van der Waals surface area contributed by atoms with Crippen molar-refractivity contribution in [3.8, 4) is 0 Å². The Labute approximate surface area is 81.2 Å². The van der Waals surface area contributed by atoms with Gasteiger partial charge in [-0.15, -0.1) is 6.58 Å². The lowest BCUT2D eigenvalue weighted by Crippen LogP contribution is -2.20. The molecule has 1 rings (SSSR count). The molecule has 0 aromatic carbocycles. The molecular weight excluding hydrogens is 160 g/mol. The van der Waals surface area contributed by atoms with Crippen molar-refractivity contribution >= 4 is 0 Å². The van der Waals surface area contributed by atoms with Crippen LogP contribution in [-0.4, -0.2) is 11.2 Å². The summed E-state index contributed by atoms with van der Waals surface area (Å²) in [5.74, 6) is 0.656. The number of aliphatic hydroxyl groups excluding tert-OH is 1. The zero-order valence-corrected chi connectivity index (χ0v) is 8.71. The zero-order valence-electron chi connectivity index (χ0n) is 8.71. The zero-order chi connectivity index (χ0) is 9.84. The minimum Gasteiger partial charge on any atom is -0.389 e. The third-order valence-corrected chi connectivity index (χ3v) is 3.14. The van der Waals surface area contributed by atoms with Gasteiger partial charge in [0.2, 0.25) is 0 Å². The Bertz CT molecular complexity index is 215. The van der Waals surface area contributed by atoms with Gasteiger partial charge in [-0.1, -0.05) is 18.6 Å². The summed E-state index contributed by atoms with van der Waals surface area (Å²) in [5.41, 5.74) is 2.67. The van der Waals surface area contributed by atoms with Crippen LogP contribution in [0.25, 0.3) is 0 Å². The van der Waals surface area contributed by atoms with Crippen LogP contribution in [-0.2, 0) is 0 Å². The fourth-order valence-electron chi connectivity index (χ4n) is 2.00. The topological polar surface area (TPSA) is 20.2 Å². The molecule has 0 spiro atoms. The Balaban J connectivity index is 2.73. The van der Waals surface area contributed by atoms with Crippen molar-refractivity contribution in [3.05, 3.63) is 23.8 Å². The highest BCUT2D eigenvalue weighted by Crippen LogP contribution is 2.32. The largest absolute Gasteiger partial charge is 0.389 e. The Morgan fingerprint density at radius 2 is 2.23 bits per heavy atom. The molecule has 0 aliphatic heterocycles. The molecule has 0 aromatic rings. The molecule has 0 aromatic heterocycles.